The van der Waals surface area contributed by atoms with Gasteiger partial charge in [0.05, 0.1) is 12.5 Å². The summed E-state index contributed by atoms with van der Waals surface area (Å²) in [6.07, 6.45) is -0.531. The fourth-order valence-electron chi connectivity index (χ4n) is 1.05. The topological polar surface area (TPSA) is 130 Å². The van der Waals surface area contributed by atoms with Gasteiger partial charge in [0.15, 0.2) is 0 Å². The highest BCUT2D eigenvalue weighted by atomic mass is 16.4. The van der Waals surface area contributed by atoms with Crippen LogP contribution in [-0.4, -0.2) is 40.1 Å². The number of rotatable bonds is 6. The van der Waals surface area contributed by atoms with E-state index >= 15 is 0 Å². The Morgan fingerprint density at radius 3 is 2.06 bits per heavy atom. The minimum atomic E-state index is -1.24. The minimum absolute atomic E-state index is 0.307. The van der Waals surface area contributed by atoms with E-state index in [1.54, 1.807) is 13.8 Å². The number of carboxylic acids is 2. The van der Waals surface area contributed by atoms with Gasteiger partial charge in [-0.3, -0.25) is 9.59 Å². The molecular formula is C9H16N2O5. The second-order valence-electron chi connectivity index (χ2n) is 3.77. The molecule has 0 aliphatic rings. The summed E-state index contributed by atoms with van der Waals surface area (Å²) in [6, 6.07) is -2.30. The van der Waals surface area contributed by atoms with E-state index in [0.29, 0.717) is 0 Å². The lowest BCUT2D eigenvalue weighted by Gasteiger charge is -2.19. The number of nitrogens with one attached hydrogen (secondary N) is 1. The van der Waals surface area contributed by atoms with E-state index in [-0.39, 0.29) is 5.92 Å². The van der Waals surface area contributed by atoms with E-state index in [1.165, 1.54) is 0 Å². The van der Waals surface area contributed by atoms with Crippen LogP contribution in [0.3, 0.4) is 0 Å². The van der Waals surface area contributed by atoms with Crippen LogP contribution in [-0.2, 0) is 14.4 Å². The molecule has 7 heteroatoms. The number of hydrogen-bond acceptors (Lipinski definition) is 4. The number of aliphatic carboxylic acids is 2. The van der Waals surface area contributed by atoms with Crippen LogP contribution in [0, 0.1) is 5.92 Å². The van der Waals surface area contributed by atoms with Crippen LogP contribution in [0.1, 0.15) is 20.3 Å². The van der Waals surface area contributed by atoms with Crippen molar-refractivity contribution in [1.29, 1.82) is 0 Å². The molecule has 0 aliphatic carbocycles. The van der Waals surface area contributed by atoms with Crippen LogP contribution in [0.15, 0.2) is 0 Å². The van der Waals surface area contributed by atoms with Crippen molar-refractivity contribution in [1.82, 2.24) is 5.32 Å². The molecule has 16 heavy (non-hydrogen) atoms. The van der Waals surface area contributed by atoms with Gasteiger partial charge in [-0.1, -0.05) is 13.8 Å². The molecular weight excluding hydrogens is 216 g/mol. The van der Waals surface area contributed by atoms with Crippen molar-refractivity contribution >= 4 is 17.8 Å². The van der Waals surface area contributed by atoms with Gasteiger partial charge in [-0.25, -0.2) is 4.79 Å². The zero-order valence-electron chi connectivity index (χ0n) is 9.14. The third-order valence-electron chi connectivity index (χ3n) is 1.96. The Balaban J connectivity index is 4.40. The molecule has 0 aliphatic heterocycles. The molecule has 0 aromatic rings. The van der Waals surface area contributed by atoms with Crippen LogP contribution in [0.25, 0.3) is 0 Å². The number of carboxylic acid groups (broad SMARTS) is 2. The van der Waals surface area contributed by atoms with Gasteiger partial charge < -0.3 is 21.3 Å². The Hall–Kier alpha value is -1.63. The van der Waals surface area contributed by atoms with E-state index in [0.717, 1.165) is 0 Å². The summed E-state index contributed by atoms with van der Waals surface area (Å²) in [5, 5.41) is 19.4. The largest absolute Gasteiger partial charge is 0.481 e. The third kappa shape index (κ3) is 4.74. The second kappa shape index (κ2) is 6.06. The minimum Gasteiger partial charge on any atom is -0.481 e. The predicted octanol–water partition coefficient (Wildman–Crippen LogP) is -0.986. The maximum absolute atomic E-state index is 11.3. The first-order valence-electron chi connectivity index (χ1n) is 4.76. The summed E-state index contributed by atoms with van der Waals surface area (Å²) in [5.74, 6) is -3.47. The number of carbonyl (C=O) groups excluding carboxylic acids is 1. The van der Waals surface area contributed by atoms with E-state index in [2.05, 4.69) is 5.32 Å². The fraction of sp³-hybridized carbons (Fsp3) is 0.667. The monoisotopic (exact) mass is 232 g/mol. The van der Waals surface area contributed by atoms with Gasteiger partial charge in [0.2, 0.25) is 5.91 Å². The van der Waals surface area contributed by atoms with Gasteiger partial charge in [0, 0.05) is 0 Å². The van der Waals surface area contributed by atoms with Crippen LogP contribution < -0.4 is 11.1 Å². The van der Waals surface area contributed by atoms with Crippen molar-refractivity contribution in [2.24, 2.45) is 11.7 Å². The summed E-state index contributed by atoms with van der Waals surface area (Å²) < 4.78 is 0. The molecule has 0 spiro atoms. The maximum Gasteiger partial charge on any atom is 0.326 e. The van der Waals surface area contributed by atoms with E-state index in [1.807, 2.05) is 0 Å². The van der Waals surface area contributed by atoms with Gasteiger partial charge in [-0.2, -0.15) is 0 Å². The van der Waals surface area contributed by atoms with Crippen LogP contribution >= 0.6 is 0 Å². The molecule has 7 nitrogen and oxygen atoms in total. The van der Waals surface area contributed by atoms with Gasteiger partial charge in [0.1, 0.15) is 6.04 Å². The van der Waals surface area contributed by atoms with Crippen molar-refractivity contribution < 1.29 is 24.6 Å². The lowest BCUT2D eigenvalue weighted by molar-refractivity contribution is -0.143. The Kier molecular flexibility index (Phi) is 5.44. The Labute approximate surface area is 92.6 Å². The molecule has 1 amide bonds. The summed E-state index contributed by atoms with van der Waals surface area (Å²) >= 11 is 0. The first-order chi connectivity index (χ1) is 7.25. The Morgan fingerprint density at radius 1 is 1.25 bits per heavy atom. The van der Waals surface area contributed by atoms with Crippen molar-refractivity contribution in [2.75, 3.05) is 0 Å². The molecule has 0 bridgehead atoms. The fourth-order valence-corrected chi connectivity index (χ4v) is 1.05. The smallest absolute Gasteiger partial charge is 0.326 e. The number of amides is 1. The molecule has 5 N–H and O–H groups in total. The first kappa shape index (κ1) is 14.4. The van der Waals surface area contributed by atoms with Gasteiger partial charge in [-0.05, 0) is 5.92 Å². The molecule has 1 unspecified atom stereocenters. The van der Waals surface area contributed by atoms with Crippen molar-refractivity contribution in [3.05, 3.63) is 0 Å². The summed E-state index contributed by atoms with van der Waals surface area (Å²) in [6.45, 7) is 3.25. The zero-order valence-corrected chi connectivity index (χ0v) is 9.14. The summed E-state index contributed by atoms with van der Waals surface area (Å²) in [4.78, 5) is 32.4. The quantitative estimate of drug-likeness (QED) is 0.465. The molecule has 0 aromatic carbocycles. The number of nitrogens with two attached hydrogens (primary N) is 1. The molecule has 0 radical (unpaired) electrons. The highest BCUT2D eigenvalue weighted by Crippen LogP contribution is 2.02. The Morgan fingerprint density at radius 2 is 1.75 bits per heavy atom. The molecule has 0 heterocycles. The second-order valence-corrected chi connectivity index (χ2v) is 3.77. The average molecular weight is 232 g/mol. The maximum atomic E-state index is 11.3. The molecule has 92 valence electrons. The molecule has 0 saturated carbocycles. The predicted molar refractivity (Wildman–Crippen MR) is 54.6 cm³/mol. The number of carbonyl (C=O) groups is 3. The van der Waals surface area contributed by atoms with Crippen LogP contribution in [0.4, 0.5) is 0 Å². The van der Waals surface area contributed by atoms with Gasteiger partial charge >= 0.3 is 11.9 Å². The lowest BCUT2D eigenvalue weighted by atomic mass is 10.0. The van der Waals surface area contributed by atoms with Crippen LogP contribution in [0.2, 0.25) is 0 Å². The van der Waals surface area contributed by atoms with Gasteiger partial charge in [-0.15, -0.1) is 0 Å². The SMILES string of the molecule is CC(C)[C@H](NC(=O)C(N)CC(=O)O)C(=O)O. The summed E-state index contributed by atoms with van der Waals surface area (Å²) in [7, 11) is 0. The number of hydrogen-bond donors (Lipinski definition) is 4. The Bertz CT molecular complexity index is 290. The first-order valence-corrected chi connectivity index (χ1v) is 4.76. The van der Waals surface area contributed by atoms with Crippen LogP contribution in [0.5, 0.6) is 0 Å². The standard InChI is InChI=1S/C9H16N2O5/c1-4(2)7(9(15)16)11-8(14)5(10)3-6(12)13/h4-5,7H,3,10H2,1-2H3,(H,11,14)(H,12,13)(H,15,16)/t5?,7-/m0/s1. The van der Waals surface area contributed by atoms with E-state index < -0.39 is 36.4 Å². The van der Waals surface area contributed by atoms with Crippen molar-refractivity contribution in [3.63, 3.8) is 0 Å². The molecule has 0 aromatic heterocycles. The van der Waals surface area contributed by atoms with E-state index in [4.69, 9.17) is 15.9 Å². The third-order valence-corrected chi connectivity index (χ3v) is 1.96. The highest BCUT2D eigenvalue weighted by molar-refractivity contribution is 5.89. The normalized spacial score (nSPS) is 14.2. The lowest BCUT2D eigenvalue weighted by Crippen LogP contribution is -2.51. The summed E-state index contributed by atoms with van der Waals surface area (Å²) in [5.41, 5.74) is 5.28. The molecule has 2 atom stereocenters. The highest BCUT2D eigenvalue weighted by Gasteiger charge is 2.26. The average Bonchev–Trinajstić information content (AvgIpc) is 2.11. The van der Waals surface area contributed by atoms with Crippen molar-refractivity contribution in [3.8, 4) is 0 Å². The molecule has 0 rings (SSSR count). The van der Waals surface area contributed by atoms with Crippen molar-refractivity contribution in [2.45, 2.75) is 32.4 Å². The van der Waals surface area contributed by atoms with Gasteiger partial charge in [0.25, 0.3) is 0 Å². The van der Waals surface area contributed by atoms with E-state index in [9.17, 15) is 14.4 Å². The molecule has 0 fully saturated rings. The molecule has 0 saturated heterocycles. The zero-order chi connectivity index (χ0) is 12.9.